The molecule has 0 aromatic carbocycles. The van der Waals surface area contributed by atoms with E-state index in [2.05, 4.69) is 16.0 Å². The van der Waals surface area contributed by atoms with Crippen molar-refractivity contribution in [1.29, 1.82) is 0 Å². The molecule has 7 N–H and O–H groups in total. The van der Waals surface area contributed by atoms with Gasteiger partial charge in [0.25, 0.3) is 0 Å². The highest BCUT2D eigenvalue weighted by Crippen LogP contribution is 2.11. The number of hydrogen-bond acceptors (Lipinski definition) is 6. The highest BCUT2D eigenvalue weighted by molar-refractivity contribution is 5.93. The molecule has 0 aromatic rings. The van der Waals surface area contributed by atoms with Crippen LogP contribution < -0.4 is 21.7 Å². The van der Waals surface area contributed by atoms with Gasteiger partial charge in [-0.1, -0.05) is 34.1 Å². The highest BCUT2D eigenvalue weighted by Gasteiger charge is 2.31. The Kier molecular flexibility index (Phi) is 11.2. The summed E-state index contributed by atoms with van der Waals surface area (Å²) in [5.41, 5.74) is 5.29. The Balaban J connectivity index is 5.32. The first-order valence-electron chi connectivity index (χ1n) is 9.01. The number of carbonyl (C=O) groups excluding carboxylic acids is 3. The third-order valence-electron chi connectivity index (χ3n) is 4.13. The number of carboxylic acid groups (broad SMARTS) is 1. The van der Waals surface area contributed by atoms with Crippen LogP contribution in [0.25, 0.3) is 0 Å². The molecule has 0 saturated carbocycles. The number of hydrogen-bond donors (Lipinski definition) is 6. The molecule has 0 aromatic heterocycles. The van der Waals surface area contributed by atoms with Crippen molar-refractivity contribution in [3.8, 4) is 0 Å². The molecule has 0 fully saturated rings. The number of carboxylic acids is 1. The maximum Gasteiger partial charge on any atom is 0.328 e. The van der Waals surface area contributed by atoms with Crippen molar-refractivity contribution in [1.82, 2.24) is 16.0 Å². The summed E-state index contributed by atoms with van der Waals surface area (Å²) in [6, 6.07) is -3.35. The van der Waals surface area contributed by atoms with Crippen LogP contribution in [0.4, 0.5) is 0 Å². The molecule has 4 atom stereocenters. The van der Waals surface area contributed by atoms with Gasteiger partial charge in [-0.15, -0.1) is 0 Å². The van der Waals surface area contributed by atoms with Crippen LogP contribution in [0.15, 0.2) is 0 Å². The minimum Gasteiger partial charge on any atom is -0.480 e. The summed E-state index contributed by atoms with van der Waals surface area (Å²) in [5, 5.41) is 25.4. The standard InChI is InChI=1S/C17H32N4O6/c1-5-10(4)14(21-13(23)7-18)16(25)19-11(6-9(2)3)15(24)20-12(8-22)17(26)27/h9-12,14,22H,5-8,18H2,1-4H3,(H,19,25)(H,20,24)(H,21,23)(H,26,27). The van der Waals surface area contributed by atoms with E-state index in [9.17, 15) is 19.2 Å². The molecule has 156 valence electrons. The van der Waals surface area contributed by atoms with E-state index in [1.807, 2.05) is 20.8 Å². The topological polar surface area (TPSA) is 171 Å². The van der Waals surface area contributed by atoms with Crippen LogP contribution in [0.1, 0.15) is 40.5 Å². The lowest BCUT2D eigenvalue weighted by atomic mass is 9.96. The lowest BCUT2D eigenvalue weighted by Gasteiger charge is -2.27. The van der Waals surface area contributed by atoms with Gasteiger partial charge in [0.2, 0.25) is 17.7 Å². The molecule has 0 heterocycles. The molecule has 10 nitrogen and oxygen atoms in total. The van der Waals surface area contributed by atoms with Crippen molar-refractivity contribution in [2.24, 2.45) is 17.6 Å². The van der Waals surface area contributed by atoms with Crippen LogP contribution in [0, 0.1) is 11.8 Å². The summed E-state index contributed by atoms with van der Waals surface area (Å²) in [5.74, 6) is -3.32. The predicted molar refractivity (Wildman–Crippen MR) is 98.5 cm³/mol. The van der Waals surface area contributed by atoms with Crippen LogP contribution in [-0.2, 0) is 19.2 Å². The smallest absolute Gasteiger partial charge is 0.328 e. The van der Waals surface area contributed by atoms with Crippen LogP contribution in [0.5, 0.6) is 0 Å². The Morgan fingerprint density at radius 3 is 1.93 bits per heavy atom. The molecule has 0 aliphatic heterocycles. The van der Waals surface area contributed by atoms with Crippen molar-refractivity contribution in [3.05, 3.63) is 0 Å². The second-order valence-electron chi connectivity index (χ2n) is 6.91. The van der Waals surface area contributed by atoms with E-state index in [0.717, 1.165) is 0 Å². The first-order valence-corrected chi connectivity index (χ1v) is 9.01. The molecule has 0 aliphatic carbocycles. The van der Waals surface area contributed by atoms with E-state index in [1.54, 1.807) is 6.92 Å². The summed E-state index contributed by atoms with van der Waals surface area (Å²) in [7, 11) is 0. The zero-order valence-corrected chi connectivity index (χ0v) is 16.3. The Hall–Kier alpha value is -2.20. The summed E-state index contributed by atoms with van der Waals surface area (Å²) in [6.45, 7) is 6.28. The lowest BCUT2D eigenvalue weighted by molar-refractivity contribution is -0.143. The van der Waals surface area contributed by atoms with E-state index < -0.39 is 48.4 Å². The van der Waals surface area contributed by atoms with Crippen molar-refractivity contribution >= 4 is 23.7 Å². The molecule has 10 heteroatoms. The maximum atomic E-state index is 12.7. The van der Waals surface area contributed by atoms with Gasteiger partial charge in [-0.25, -0.2) is 4.79 Å². The van der Waals surface area contributed by atoms with E-state index in [1.165, 1.54) is 0 Å². The molecule has 0 rings (SSSR count). The highest BCUT2D eigenvalue weighted by atomic mass is 16.4. The minimum atomic E-state index is -1.47. The van der Waals surface area contributed by atoms with E-state index >= 15 is 0 Å². The SMILES string of the molecule is CCC(C)C(NC(=O)CN)C(=O)NC(CC(C)C)C(=O)NC(CO)C(=O)O. The van der Waals surface area contributed by atoms with Gasteiger partial charge in [0.1, 0.15) is 18.1 Å². The monoisotopic (exact) mass is 388 g/mol. The number of aliphatic hydroxyl groups is 1. The second-order valence-corrected chi connectivity index (χ2v) is 6.91. The van der Waals surface area contributed by atoms with E-state index in [4.69, 9.17) is 15.9 Å². The third-order valence-corrected chi connectivity index (χ3v) is 4.13. The van der Waals surface area contributed by atoms with Crippen LogP contribution in [0.3, 0.4) is 0 Å². The number of aliphatic carboxylic acids is 1. The average molecular weight is 388 g/mol. The molecule has 4 unspecified atom stereocenters. The van der Waals surface area contributed by atoms with E-state index in [0.29, 0.717) is 6.42 Å². The second kappa shape index (κ2) is 12.2. The minimum absolute atomic E-state index is 0.0270. The molecular weight excluding hydrogens is 356 g/mol. The molecular formula is C17H32N4O6. The van der Waals surface area contributed by atoms with Crippen molar-refractivity contribution < 1.29 is 29.4 Å². The normalized spacial score (nSPS) is 15.4. The Bertz CT molecular complexity index is 526. The molecule has 0 spiro atoms. The first-order chi connectivity index (χ1) is 12.6. The summed E-state index contributed by atoms with van der Waals surface area (Å²) < 4.78 is 0. The van der Waals surface area contributed by atoms with Crippen LogP contribution in [0.2, 0.25) is 0 Å². The fourth-order valence-electron chi connectivity index (χ4n) is 2.36. The summed E-state index contributed by atoms with van der Waals surface area (Å²) >= 11 is 0. The lowest BCUT2D eigenvalue weighted by Crippen LogP contribution is -2.58. The number of nitrogens with one attached hydrogen (secondary N) is 3. The van der Waals surface area contributed by atoms with Gasteiger partial charge in [0.15, 0.2) is 0 Å². The fraction of sp³-hybridized carbons (Fsp3) is 0.765. The molecule has 0 saturated heterocycles. The summed E-state index contributed by atoms with van der Waals surface area (Å²) in [4.78, 5) is 47.7. The van der Waals surface area contributed by atoms with Gasteiger partial charge in [-0.05, 0) is 18.3 Å². The molecule has 0 aliphatic rings. The number of amides is 3. The molecule has 3 amide bonds. The largest absolute Gasteiger partial charge is 0.480 e. The van der Waals surface area contributed by atoms with Gasteiger partial charge in [0, 0.05) is 0 Å². The molecule has 27 heavy (non-hydrogen) atoms. The Labute approximate surface area is 159 Å². The maximum absolute atomic E-state index is 12.7. The third kappa shape index (κ3) is 8.83. The van der Waals surface area contributed by atoms with Gasteiger partial charge >= 0.3 is 5.97 Å². The zero-order valence-electron chi connectivity index (χ0n) is 16.3. The van der Waals surface area contributed by atoms with Gasteiger partial charge in [0.05, 0.1) is 13.2 Å². The summed E-state index contributed by atoms with van der Waals surface area (Å²) in [6.07, 6.45) is 0.864. The van der Waals surface area contributed by atoms with Crippen molar-refractivity contribution in [2.45, 2.75) is 58.7 Å². The van der Waals surface area contributed by atoms with Gasteiger partial charge < -0.3 is 31.9 Å². The number of nitrogens with two attached hydrogens (primary N) is 1. The number of aliphatic hydroxyl groups excluding tert-OH is 1. The van der Waals surface area contributed by atoms with Crippen LogP contribution >= 0.6 is 0 Å². The quantitative estimate of drug-likeness (QED) is 0.238. The molecule has 0 bridgehead atoms. The van der Waals surface area contributed by atoms with Crippen molar-refractivity contribution in [2.75, 3.05) is 13.2 Å². The average Bonchev–Trinajstić information content (AvgIpc) is 2.61. The number of rotatable bonds is 12. The van der Waals surface area contributed by atoms with Crippen LogP contribution in [-0.4, -0.2) is 65.2 Å². The van der Waals surface area contributed by atoms with Crippen molar-refractivity contribution in [3.63, 3.8) is 0 Å². The van der Waals surface area contributed by atoms with E-state index in [-0.39, 0.29) is 24.8 Å². The predicted octanol–water partition coefficient (Wildman–Crippen LogP) is -1.43. The first kappa shape index (κ1) is 24.8. The van der Waals surface area contributed by atoms with Gasteiger partial charge in [-0.3, -0.25) is 14.4 Å². The Morgan fingerprint density at radius 2 is 1.52 bits per heavy atom. The zero-order chi connectivity index (χ0) is 21.1. The van der Waals surface area contributed by atoms with Gasteiger partial charge in [-0.2, -0.15) is 0 Å². The fourth-order valence-corrected chi connectivity index (χ4v) is 2.36. The molecule has 0 radical (unpaired) electrons. The number of carbonyl (C=O) groups is 4. The Morgan fingerprint density at radius 1 is 0.963 bits per heavy atom.